The smallest absolute Gasteiger partial charge is 0.291 e. The Morgan fingerprint density at radius 1 is 1.16 bits per heavy atom. The lowest BCUT2D eigenvalue weighted by molar-refractivity contribution is -0.894. The van der Waals surface area contributed by atoms with Crippen LogP contribution in [0.15, 0.2) is 36.5 Å². The summed E-state index contributed by atoms with van der Waals surface area (Å²) in [7, 11) is 6.77. The molecule has 0 saturated carbocycles. The molecule has 3 heterocycles. The fourth-order valence-corrected chi connectivity index (χ4v) is 6.31. The Morgan fingerprint density at radius 3 is 2.44 bits per heavy atom. The molecule has 0 spiro atoms. The number of benzene rings is 2. The van der Waals surface area contributed by atoms with Crippen molar-refractivity contribution in [2.75, 3.05) is 59.2 Å². The molecule has 2 fully saturated rings. The summed E-state index contributed by atoms with van der Waals surface area (Å²) < 4.78 is 22.0. The number of nitrogens with one attached hydrogen (secondary N) is 1. The summed E-state index contributed by atoms with van der Waals surface area (Å²) in [6, 6.07) is 8.94. The molecule has 2 aromatic carbocycles. The number of carbonyl (C=O) groups excluding carboxylic acids is 3. The number of aliphatic hydroxyl groups is 1. The number of ether oxygens (including phenoxy) is 1. The number of amides is 3. The fourth-order valence-electron chi connectivity index (χ4n) is 6.05. The molecule has 14 heteroatoms. The van der Waals surface area contributed by atoms with Gasteiger partial charge in [0.1, 0.15) is 30.0 Å². The summed E-state index contributed by atoms with van der Waals surface area (Å²) in [6.45, 7) is 1.97. The second kappa shape index (κ2) is 12.5. The van der Waals surface area contributed by atoms with E-state index in [0.717, 1.165) is 0 Å². The van der Waals surface area contributed by atoms with Crippen molar-refractivity contribution in [2.45, 2.75) is 18.6 Å². The Bertz CT molecular complexity index is 1710. The van der Waals surface area contributed by atoms with Gasteiger partial charge in [-0.3, -0.25) is 14.4 Å². The highest BCUT2D eigenvalue weighted by molar-refractivity contribution is 6.34. The van der Waals surface area contributed by atoms with Crippen LogP contribution in [0.2, 0.25) is 5.02 Å². The van der Waals surface area contributed by atoms with Crippen LogP contribution in [0.3, 0.4) is 0 Å². The van der Waals surface area contributed by atoms with Crippen LogP contribution in [0.4, 0.5) is 10.1 Å². The number of rotatable bonds is 6. The third kappa shape index (κ3) is 6.09. The van der Waals surface area contributed by atoms with Gasteiger partial charge in [-0.2, -0.15) is 5.26 Å². The third-order valence-corrected chi connectivity index (χ3v) is 8.86. The number of hydrogen-bond donors (Lipinski definition) is 2. The number of piperazine rings is 1. The van der Waals surface area contributed by atoms with Crippen LogP contribution in [0.1, 0.15) is 33.0 Å². The summed E-state index contributed by atoms with van der Waals surface area (Å²) in [5.74, 6) is -1.60. The second-order valence-corrected chi connectivity index (χ2v) is 12.2. The summed E-state index contributed by atoms with van der Waals surface area (Å²) in [5, 5.41) is 22.3. The third-order valence-electron chi connectivity index (χ3n) is 8.54. The monoisotopic (exact) mass is 638 g/mol. The number of aliphatic hydroxyl groups excluding tert-OH is 1. The summed E-state index contributed by atoms with van der Waals surface area (Å²) >= 11 is 6.48. The number of carbonyl (C=O) groups is 3. The molecule has 3 aromatic rings. The molecule has 5 rings (SSSR count). The number of anilines is 1. The predicted octanol–water partition coefficient (Wildman–Crippen LogP) is 2.51. The van der Waals surface area contributed by atoms with Gasteiger partial charge < -0.3 is 34.0 Å². The molecule has 2 atom stereocenters. The van der Waals surface area contributed by atoms with Gasteiger partial charge in [0.05, 0.1) is 43.7 Å². The number of nitriles is 1. The Morgan fingerprint density at radius 2 is 1.84 bits per heavy atom. The molecule has 2 N–H and O–H groups in total. The largest absolute Gasteiger partial charge is 0.495 e. The Balaban J connectivity index is 1.23. The molecular formula is C31H34ClFN7O5+. The predicted molar refractivity (Wildman–Crippen MR) is 163 cm³/mol. The lowest BCUT2D eigenvalue weighted by atomic mass is 10.1. The maximum atomic E-state index is 15.1. The van der Waals surface area contributed by atoms with E-state index in [1.807, 2.05) is 14.1 Å². The lowest BCUT2D eigenvalue weighted by Crippen LogP contribution is -2.58. The number of halogens is 2. The molecule has 2 aliphatic heterocycles. The number of quaternary nitrogens is 1. The Labute approximate surface area is 264 Å². The molecule has 0 aliphatic carbocycles. The van der Waals surface area contributed by atoms with Crippen LogP contribution >= 0.6 is 11.6 Å². The number of likely N-dealkylation sites (N-methyl/N-ethyl adjacent to an activating group) is 1. The number of methoxy groups -OCH3 is 1. The average Bonchev–Trinajstić information content (AvgIpc) is 3.53. The normalized spacial score (nSPS) is 19.2. The van der Waals surface area contributed by atoms with E-state index in [1.54, 1.807) is 29.0 Å². The van der Waals surface area contributed by atoms with Crippen LogP contribution in [-0.2, 0) is 11.8 Å². The van der Waals surface area contributed by atoms with Crippen molar-refractivity contribution in [3.05, 3.63) is 64.3 Å². The molecule has 2 saturated heterocycles. The SMILES string of the molecule is COc1ccc(-c2cnc(C(=O)Nc3ccc(C(=O)N4CCN(C(=O)[C@@H]5C[C@@H](O)C[N+]5(C)C)CC4)c(Cl)c3)n2C)c(F)c1C#N. The van der Waals surface area contributed by atoms with Crippen molar-refractivity contribution in [2.24, 2.45) is 7.05 Å². The van der Waals surface area contributed by atoms with Crippen LogP contribution < -0.4 is 10.1 Å². The quantitative estimate of drug-likeness (QED) is 0.395. The Hall–Kier alpha value is -4.51. The average molecular weight is 639 g/mol. The number of likely N-dealkylation sites (tertiary alicyclic amines) is 1. The van der Waals surface area contributed by atoms with Gasteiger partial charge in [0.2, 0.25) is 0 Å². The first kappa shape index (κ1) is 31.9. The van der Waals surface area contributed by atoms with Crippen molar-refractivity contribution in [3.8, 4) is 23.1 Å². The molecule has 0 radical (unpaired) electrons. The van der Waals surface area contributed by atoms with Gasteiger partial charge >= 0.3 is 0 Å². The van der Waals surface area contributed by atoms with E-state index < -0.39 is 17.8 Å². The summed E-state index contributed by atoms with van der Waals surface area (Å²) in [5.41, 5.74) is 0.686. The van der Waals surface area contributed by atoms with Gasteiger partial charge in [0.15, 0.2) is 17.7 Å². The van der Waals surface area contributed by atoms with Crippen LogP contribution in [0.5, 0.6) is 5.75 Å². The number of aromatic nitrogens is 2. The summed E-state index contributed by atoms with van der Waals surface area (Å²) in [6.07, 6.45) is 1.26. The molecular weight excluding hydrogens is 605 g/mol. The van der Waals surface area contributed by atoms with E-state index in [9.17, 15) is 24.8 Å². The highest BCUT2D eigenvalue weighted by Crippen LogP contribution is 2.31. The molecule has 1 aromatic heterocycles. The van der Waals surface area contributed by atoms with Gasteiger partial charge in [-0.25, -0.2) is 9.37 Å². The number of hydrogen-bond acceptors (Lipinski definition) is 7. The number of nitrogens with zero attached hydrogens (tertiary/aromatic N) is 6. The molecule has 0 bridgehead atoms. The molecule has 0 unspecified atom stereocenters. The maximum absolute atomic E-state index is 15.1. The molecule has 3 amide bonds. The zero-order valence-electron chi connectivity index (χ0n) is 25.4. The minimum absolute atomic E-state index is 0.0114. The number of imidazole rings is 1. The topological polar surface area (TPSA) is 141 Å². The van der Waals surface area contributed by atoms with Gasteiger partial charge in [-0.05, 0) is 30.3 Å². The van der Waals surface area contributed by atoms with Crippen molar-refractivity contribution >= 4 is 35.0 Å². The van der Waals surface area contributed by atoms with Gasteiger partial charge in [-0.15, -0.1) is 0 Å². The standard InChI is InChI=1S/C31H33ClFN7O5/c1-37-24(21-7-8-26(45-4)22(15-34)27(21)33)16-35-28(37)29(42)36-18-5-6-20(23(32)13-18)30(43)38-9-11-39(12-10-38)31(44)25-14-19(41)17-40(25,2)3/h5-8,13,16,19,25,41H,9-12,14,17H2,1-4H3/p+1/t19-,25+/m1/s1. The highest BCUT2D eigenvalue weighted by atomic mass is 35.5. The lowest BCUT2D eigenvalue weighted by Gasteiger charge is -2.38. The van der Waals surface area contributed by atoms with E-state index in [4.69, 9.17) is 16.3 Å². The molecule has 2 aliphatic rings. The van der Waals surface area contributed by atoms with Crippen LogP contribution in [-0.4, -0.2) is 113 Å². The first-order valence-electron chi connectivity index (χ1n) is 14.3. The second-order valence-electron chi connectivity index (χ2n) is 11.8. The van der Waals surface area contributed by atoms with Crippen molar-refractivity contribution in [1.82, 2.24) is 19.4 Å². The zero-order valence-corrected chi connectivity index (χ0v) is 26.1. The Kier molecular flexibility index (Phi) is 8.84. The van der Waals surface area contributed by atoms with Crippen molar-refractivity contribution < 1.29 is 33.1 Å². The fraction of sp³-hybridized carbons (Fsp3) is 0.387. The highest BCUT2D eigenvalue weighted by Gasteiger charge is 2.46. The van der Waals surface area contributed by atoms with E-state index in [0.29, 0.717) is 49.3 Å². The van der Waals surface area contributed by atoms with Crippen LogP contribution in [0.25, 0.3) is 11.3 Å². The van der Waals surface area contributed by atoms with Crippen LogP contribution in [0, 0.1) is 17.1 Å². The minimum atomic E-state index is -0.788. The molecule has 236 valence electrons. The minimum Gasteiger partial charge on any atom is -0.495 e. The van der Waals surface area contributed by atoms with Gasteiger partial charge in [-0.1, -0.05) is 11.6 Å². The summed E-state index contributed by atoms with van der Waals surface area (Å²) in [4.78, 5) is 47.1. The van der Waals surface area contributed by atoms with Gasteiger partial charge in [0.25, 0.3) is 17.7 Å². The zero-order chi connectivity index (χ0) is 32.6. The first-order chi connectivity index (χ1) is 21.4. The van der Waals surface area contributed by atoms with Gasteiger partial charge in [0, 0.05) is 50.9 Å². The van der Waals surface area contributed by atoms with E-state index in [-0.39, 0.29) is 56.8 Å². The van der Waals surface area contributed by atoms with E-state index >= 15 is 4.39 Å². The molecule has 12 nitrogen and oxygen atoms in total. The maximum Gasteiger partial charge on any atom is 0.291 e. The molecule has 45 heavy (non-hydrogen) atoms. The van der Waals surface area contributed by atoms with E-state index in [1.165, 1.54) is 42.1 Å². The van der Waals surface area contributed by atoms with Crippen molar-refractivity contribution in [1.29, 1.82) is 5.26 Å². The first-order valence-corrected chi connectivity index (χ1v) is 14.7. The van der Waals surface area contributed by atoms with E-state index in [2.05, 4.69) is 10.3 Å². The van der Waals surface area contributed by atoms with Crippen molar-refractivity contribution in [3.63, 3.8) is 0 Å².